The first-order valence-electron chi connectivity index (χ1n) is 6.53. The third-order valence-corrected chi connectivity index (χ3v) is 3.92. The zero-order valence-electron chi connectivity index (χ0n) is 12.2. The summed E-state index contributed by atoms with van der Waals surface area (Å²) in [5.41, 5.74) is 4.71. The maximum Gasteiger partial charge on any atom is 0.124 e. The van der Waals surface area contributed by atoms with Gasteiger partial charge in [-0.05, 0) is 66.8 Å². The number of aliphatic hydroxyl groups is 1. The lowest BCUT2D eigenvalue weighted by Crippen LogP contribution is -2.02. The minimum Gasteiger partial charge on any atom is -0.496 e. The second-order valence-electron chi connectivity index (χ2n) is 5.10. The molecule has 2 nitrogen and oxygen atoms in total. The number of hydrogen-bond acceptors (Lipinski definition) is 2. The van der Waals surface area contributed by atoms with Crippen molar-refractivity contribution >= 4 is 11.6 Å². The van der Waals surface area contributed by atoms with E-state index in [0.717, 1.165) is 33.6 Å². The highest BCUT2D eigenvalue weighted by Crippen LogP contribution is 2.31. The van der Waals surface area contributed by atoms with Gasteiger partial charge in [0.05, 0.1) is 7.11 Å². The average Bonchev–Trinajstić information content (AvgIpc) is 2.40. The molecule has 0 heterocycles. The number of rotatable bonds is 3. The number of aryl methyl sites for hydroxylation is 3. The Kier molecular flexibility index (Phi) is 4.36. The van der Waals surface area contributed by atoms with Crippen LogP contribution < -0.4 is 4.74 Å². The highest BCUT2D eigenvalue weighted by Gasteiger charge is 2.14. The highest BCUT2D eigenvalue weighted by atomic mass is 35.5. The molecule has 0 saturated carbocycles. The first kappa shape index (κ1) is 14.9. The van der Waals surface area contributed by atoms with E-state index in [0.29, 0.717) is 5.02 Å². The lowest BCUT2D eigenvalue weighted by Gasteiger charge is -2.16. The number of benzene rings is 2. The standard InChI is InChI=1S/C17H19ClO2/c1-10-7-13(5-6-15(10)18)16(19)14-8-11(2)17(20-4)12(3)9-14/h5-9,16,19H,1-4H3. The van der Waals surface area contributed by atoms with E-state index >= 15 is 0 Å². The molecule has 0 bridgehead atoms. The fraction of sp³-hybridized carbons (Fsp3) is 0.294. The van der Waals surface area contributed by atoms with Crippen LogP contribution in [0.5, 0.6) is 5.75 Å². The maximum atomic E-state index is 10.5. The predicted octanol–water partition coefficient (Wildman–Crippen LogP) is 4.36. The molecule has 0 saturated heterocycles. The van der Waals surface area contributed by atoms with Crippen molar-refractivity contribution in [3.05, 3.63) is 63.2 Å². The Bertz CT molecular complexity index is 612. The quantitative estimate of drug-likeness (QED) is 0.910. The monoisotopic (exact) mass is 290 g/mol. The molecule has 0 aliphatic rings. The van der Waals surface area contributed by atoms with E-state index in [9.17, 15) is 5.11 Å². The van der Waals surface area contributed by atoms with Gasteiger partial charge in [0.25, 0.3) is 0 Å². The van der Waals surface area contributed by atoms with Crippen LogP contribution in [0.2, 0.25) is 5.02 Å². The largest absolute Gasteiger partial charge is 0.496 e. The van der Waals surface area contributed by atoms with E-state index in [4.69, 9.17) is 16.3 Å². The first-order valence-corrected chi connectivity index (χ1v) is 6.91. The molecule has 0 radical (unpaired) electrons. The molecule has 2 aromatic rings. The molecular formula is C17H19ClO2. The van der Waals surface area contributed by atoms with Crippen LogP contribution in [-0.4, -0.2) is 12.2 Å². The minimum absolute atomic E-state index is 0.658. The fourth-order valence-electron chi connectivity index (χ4n) is 2.49. The van der Waals surface area contributed by atoms with E-state index in [1.165, 1.54) is 0 Å². The zero-order valence-corrected chi connectivity index (χ0v) is 13.0. The molecule has 1 atom stereocenters. The van der Waals surface area contributed by atoms with E-state index in [-0.39, 0.29) is 0 Å². The van der Waals surface area contributed by atoms with Gasteiger partial charge in [0, 0.05) is 5.02 Å². The van der Waals surface area contributed by atoms with Crippen LogP contribution in [0.4, 0.5) is 0 Å². The van der Waals surface area contributed by atoms with Gasteiger partial charge < -0.3 is 9.84 Å². The van der Waals surface area contributed by atoms with Gasteiger partial charge in [-0.1, -0.05) is 23.7 Å². The molecule has 0 amide bonds. The molecule has 2 aromatic carbocycles. The van der Waals surface area contributed by atoms with Crippen molar-refractivity contribution in [2.45, 2.75) is 26.9 Å². The van der Waals surface area contributed by atoms with Crippen molar-refractivity contribution in [1.82, 2.24) is 0 Å². The number of halogens is 1. The van der Waals surface area contributed by atoms with Crippen molar-refractivity contribution < 1.29 is 9.84 Å². The number of hydrogen-bond donors (Lipinski definition) is 1. The molecule has 3 heteroatoms. The molecule has 0 fully saturated rings. The van der Waals surface area contributed by atoms with Gasteiger partial charge in [0.2, 0.25) is 0 Å². The number of methoxy groups -OCH3 is 1. The summed E-state index contributed by atoms with van der Waals surface area (Å²) in [4.78, 5) is 0. The Hall–Kier alpha value is -1.51. The van der Waals surface area contributed by atoms with Crippen LogP contribution >= 0.6 is 11.6 Å². The fourth-order valence-corrected chi connectivity index (χ4v) is 2.61. The van der Waals surface area contributed by atoms with Crippen LogP contribution in [0, 0.1) is 20.8 Å². The van der Waals surface area contributed by atoms with Crippen molar-refractivity contribution in [3.8, 4) is 5.75 Å². The molecular weight excluding hydrogens is 272 g/mol. The van der Waals surface area contributed by atoms with Crippen molar-refractivity contribution in [3.63, 3.8) is 0 Å². The summed E-state index contributed by atoms with van der Waals surface area (Å²) in [6.07, 6.45) is -0.658. The Labute approximate surface area is 125 Å². The highest BCUT2D eigenvalue weighted by molar-refractivity contribution is 6.31. The molecule has 0 spiro atoms. The van der Waals surface area contributed by atoms with Gasteiger partial charge in [0.15, 0.2) is 0 Å². The molecule has 1 N–H and O–H groups in total. The van der Waals surface area contributed by atoms with E-state index < -0.39 is 6.10 Å². The Morgan fingerprint density at radius 3 is 2.00 bits per heavy atom. The van der Waals surface area contributed by atoms with E-state index in [2.05, 4.69) is 0 Å². The second kappa shape index (κ2) is 5.86. The first-order chi connectivity index (χ1) is 9.43. The van der Waals surface area contributed by atoms with Gasteiger partial charge in [-0.15, -0.1) is 0 Å². The van der Waals surface area contributed by atoms with Gasteiger partial charge >= 0.3 is 0 Å². The lowest BCUT2D eigenvalue weighted by atomic mass is 9.96. The summed E-state index contributed by atoms with van der Waals surface area (Å²) < 4.78 is 5.35. The summed E-state index contributed by atoms with van der Waals surface area (Å²) in [7, 11) is 1.66. The molecule has 20 heavy (non-hydrogen) atoms. The lowest BCUT2D eigenvalue weighted by molar-refractivity contribution is 0.220. The van der Waals surface area contributed by atoms with E-state index in [1.807, 2.05) is 51.1 Å². The Morgan fingerprint density at radius 2 is 1.50 bits per heavy atom. The zero-order chi connectivity index (χ0) is 14.9. The third kappa shape index (κ3) is 2.82. The van der Waals surface area contributed by atoms with Crippen LogP contribution in [0.1, 0.15) is 33.9 Å². The molecule has 1 unspecified atom stereocenters. The summed E-state index contributed by atoms with van der Waals surface area (Å²) >= 11 is 6.02. The summed E-state index contributed by atoms with van der Waals surface area (Å²) in [5.74, 6) is 0.869. The van der Waals surface area contributed by atoms with Gasteiger partial charge in [0.1, 0.15) is 11.9 Å². The Morgan fingerprint density at radius 1 is 0.950 bits per heavy atom. The van der Waals surface area contributed by atoms with Crippen molar-refractivity contribution in [2.75, 3.05) is 7.11 Å². The van der Waals surface area contributed by atoms with Gasteiger partial charge in [-0.3, -0.25) is 0 Å². The van der Waals surface area contributed by atoms with Crippen LogP contribution in [0.25, 0.3) is 0 Å². The molecule has 0 aliphatic heterocycles. The number of ether oxygens (including phenoxy) is 1. The SMILES string of the molecule is COc1c(C)cc(C(O)c2ccc(Cl)c(C)c2)cc1C. The molecule has 0 aromatic heterocycles. The second-order valence-corrected chi connectivity index (χ2v) is 5.51. The maximum absolute atomic E-state index is 10.5. The van der Waals surface area contributed by atoms with Crippen molar-refractivity contribution in [2.24, 2.45) is 0 Å². The van der Waals surface area contributed by atoms with Crippen LogP contribution in [0.3, 0.4) is 0 Å². The molecule has 2 rings (SSSR count). The minimum atomic E-state index is -0.658. The van der Waals surface area contributed by atoms with Crippen LogP contribution in [-0.2, 0) is 0 Å². The predicted molar refractivity (Wildman–Crippen MR) is 82.7 cm³/mol. The summed E-state index contributed by atoms with van der Waals surface area (Å²) in [5, 5.41) is 11.2. The van der Waals surface area contributed by atoms with Crippen LogP contribution in [0.15, 0.2) is 30.3 Å². The topological polar surface area (TPSA) is 29.5 Å². The summed E-state index contributed by atoms with van der Waals surface area (Å²) in [6, 6.07) is 9.51. The average molecular weight is 291 g/mol. The summed E-state index contributed by atoms with van der Waals surface area (Å²) in [6.45, 7) is 5.90. The molecule has 106 valence electrons. The van der Waals surface area contributed by atoms with Crippen molar-refractivity contribution in [1.29, 1.82) is 0 Å². The van der Waals surface area contributed by atoms with Gasteiger partial charge in [-0.2, -0.15) is 0 Å². The third-order valence-electron chi connectivity index (χ3n) is 3.50. The smallest absolute Gasteiger partial charge is 0.124 e. The van der Waals surface area contributed by atoms with E-state index in [1.54, 1.807) is 7.11 Å². The molecule has 0 aliphatic carbocycles. The normalized spacial score (nSPS) is 12.3. The van der Waals surface area contributed by atoms with Gasteiger partial charge in [-0.25, -0.2) is 0 Å². The number of aliphatic hydroxyl groups excluding tert-OH is 1. The Balaban J connectivity index is 2.42.